The van der Waals surface area contributed by atoms with Crippen LogP contribution in [-0.4, -0.2) is 16.9 Å². The Morgan fingerprint density at radius 3 is 2.90 bits per heavy atom. The van der Waals surface area contributed by atoms with E-state index in [0.717, 1.165) is 23.8 Å². The van der Waals surface area contributed by atoms with Crippen LogP contribution >= 0.6 is 23.7 Å². The van der Waals surface area contributed by atoms with Crippen molar-refractivity contribution in [2.75, 3.05) is 0 Å². The molecule has 2 unspecified atom stereocenters. The van der Waals surface area contributed by atoms with Crippen molar-refractivity contribution in [2.45, 2.75) is 52.1 Å². The van der Waals surface area contributed by atoms with E-state index in [9.17, 15) is 4.79 Å². The molecule has 1 fully saturated rings. The molecule has 0 saturated heterocycles. The minimum atomic E-state index is -0.0506. The third-order valence-corrected chi connectivity index (χ3v) is 4.82. The molecule has 3 N–H and O–H groups in total. The van der Waals surface area contributed by atoms with Gasteiger partial charge in [-0.05, 0) is 24.7 Å². The fourth-order valence-electron chi connectivity index (χ4n) is 2.73. The van der Waals surface area contributed by atoms with E-state index in [2.05, 4.69) is 24.1 Å². The normalized spacial score (nSPS) is 22.4. The highest BCUT2D eigenvalue weighted by Crippen LogP contribution is 2.30. The van der Waals surface area contributed by atoms with Gasteiger partial charge in [-0.1, -0.05) is 26.7 Å². The summed E-state index contributed by atoms with van der Waals surface area (Å²) in [5.41, 5.74) is 6.03. The van der Waals surface area contributed by atoms with Gasteiger partial charge in [0.05, 0.1) is 0 Å². The molecule has 4 nitrogen and oxygen atoms in total. The summed E-state index contributed by atoms with van der Waals surface area (Å²) in [6, 6.07) is 0.302. The molecule has 0 radical (unpaired) electrons. The highest BCUT2D eigenvalue weighted by molar-refractivity contribution is 7.09. The maximum Gasteiger partial charge on any atom is 0.270 e. The van der Waals surface area contributed by atoms with Gasteiger partial charge in [-0.25, -0.2) is 4.98 Å². The van der Waals surface area contributed by atoms with E-state index in [0.29, 0.717) is 24.2 Å². The van der Waals surface area contributed by atoms with Crippen molar-refractivity contribution in [2.24, 2.45) is 17.6 Å². The third kappa shape index (κ3) is 4.43. The van der Waals surface area contributed by atoms with E-state index >= 15 is 0 Å². The molecule has 1 aliphatic rings. The van der Waals surface area contributed by atoms with Crippen molar-refractivity contribution in [3.05, 3.63) is 16.1 Å². The Labute approximate surface area is 131 Å². The summed E-state index contributed by atoms with van der Waals surface area (Å²) < 4.78 is 0. The second kappa shape index (κ2) is 7.96. The van der Waals surface area contributed by atoms with Crippen molar-refractivity contribution < 1.29 is 4.79 Å². The minimum absolute atomic E-state index is 0. The van der Waals surface area contributed by atoms with Crippen LogP contribution in [0.25, 0.3) is 0 Å². The SMILES string of the molecule is CC(C)C1CCCC(NC(=O)c2csc(CN)n2)C1.Cl. The van der Waals surface area contributed by atoms with Crippen molar-refractivity contribution in [3.8, 4) is 0 Å². The molecule has 1 heterocycles. The van der Waals surface area contributed by atoms with Crippen molar-refractivity contribution >= 4 is 29.7 Å². The molecule has 20 heavy (non-hydrogen) atoms. The third-order valence-electron chi connectivity index (χ3n) is 3.95. The van der Waals surface area contributed by atoms with Crippen molar-refractivity contribution in [1.29, 1.82) is 0 Å². The van der Waals surface area contributed by atoms with Crippen LogP contribution in [0, 0.1) is 11.8 Å². The van der Waals surface area contributed by atoms with E-state index < -0.39 is 0 Å². The van der Waals surface area contributed by atoms with E-state index in [1.54, 1.807) is 5.38 Å². The molecular formula is C14H24ClN3OS. The van der Waals surface area contributed by atoms with Gasteiger partial charge in [0.25, 0.3) is 5.91 Å². The molecule has 0 aromatic carbocycles. The number of carbonyl (C=O) groups is 1. The lowest BCUT2D eigenvalue weighted by molar-refractivity contribution is 0.0908. The molecule has 1 aromatic heterocycles. The number of halogens is 1. The summed E-state index contributed by atoms with van der Waals surface area (Å²) in [6.07, 6.45) is 4.68. The highest BCUT2D eigenvalue weighted by atomic mass is 35.5. The molecule has 1 aliphatic carbocycles. The first kappa shape index (κ1) is 17.4. The van der Waals surface area contributed by atoms with Crippen LogP contribution in [0.15, 0.2) is 5.38 Å². The largest absolute Gasteiger partial charge is 0.348 e. The van der Waals surface area contributed by atoms with Gasteiger partial charge in [0, 0.05) is 18.0 Å². The Balaban J connectivity index is 0.00000200. The molecule has 0 bridgehead atoms. The van der Waals surface area contributed by atoms with Gasteiger partial charge in [-0.15, -0.1) is 23.7 Å². The zero-order valence-corrected chi connectivity index (χ0v) is 13.7. The Morgan fingerprint density at radius 2 is 2.30 bits per heavy atom. The van der Waals surface area contributed by atoms with Gasteiger partial charge in [0.1, 0.15) is 10.7 Å². The van der Waals surface area contributed by atoms with Crippen molar-refractivity contribution in [3.63, 3.8) is 0 Å². The Bertz CT molecular complexity index is 436. The van der Waals surface area contributed by atoms with Crippen LogP contribution < -0.4 is 11.1 Å². The van der Waals surface area contributed by atoms with Gasteiger partial charge >= 0.3 is 0 Å². The molecule has 6 heteroatoms. The lowest BCUT2D eigenvalue weighted by Gasteiger charge is -2.31. The molecule has 2 atom stereocenters. The highest BCUT2D eigenvalue weighted by Gasteiger charge is 2.25. The van der Waals surface area contributed by atoms with Crippen LogP contribution in [0.5, 0.6) is 0 Å². The number of nitrogens with two attached hydrogens (primary N) is 1. The summed E-state index contributed by atoms with van der Waals surface area (Å²) in [5, 5.41) is 5.73. The number of hydrogen-bond acceptors (Lipinski definition) is 4. The van der Waals surface area contributed by atoms with Gasteiger partial charge in [0.15, 0.2) is 0 Å². The van der Waals surface area contributed by atoms with Crippen LogP contribution in [0.1, 0.15) is 55.0 Å². The molecule has 1 amide bonds. The van der Waals surface area contributed by atoms with Gasteiger partial charge in [0.2, 0.25) is 0 Å². The Kier molecular flexibility index (Phi) is 6.92. The molecule has 1 aromatic rings. The average Bonchev–Trinajstić information content (AvgIpc) is 2.88. The zero-order chi connectivity index (χ0) is 13.8. The monoisotopic (exact) mass is 317 g/mol. The fourth-order valence-corrected chi connectivity index (χ4v) is 3.39. The zero-order valence-electron chi connectivity index (χ0n) is 12.1. The quantitative estimate of drug-likeness (QED) is 0.897. The topological polar surface area (TPSA) is 68.0 Å². The molecule has 1 saturated carbocycles. The van der Waals surface area contributed by atoms with E-state index in [1.165, 1.54) is 24.2 Å². The van der Waals surface area contributed by atoms with Crippen molar-refractivity contribution in [1.82, 2.24) is 10.3 Å². The van der Waals surface area contributed by atoms with Gasteiger partial charge in [-0.2, -0.15) is 0 Å². The smallest absolute Gasteiger partial charge is 0.270 e. The number of nitrogens with one attached hydrogen (secondary N) is 1. The predicted molar refractivity (Wildman–Crippen MR) is 85.3 cm³/mol. The van der Waals surface area contributed by atoms with E-state index in [4.69, 9.17) is 5.73 Å². The summed E-state index contributed by atoms with van der Waals surface area (Å²) >= 11 is 1.45. The maximum atomic E-state index is 12.1. The summed E-state index contributed by atoms with van der Waals surface area (Å²) in [4.78, 5) is 16.3. The number of amides is 1. The maximum absolute atomic E-state index is 12.1. The first-order valence-electron chi connectivity index (χ1n) is 7.05. The second-order valence-electron chi connectivity index (χ2n) is 5.67. The molecular weight excluding hydrogens is 294 g/mol. The Hall–Kier alpha value is -0.650. The lowest BCUT2D eigenvalue weighted by Crippen LogP contribution is -2.39. The van der Waals surface area contributed by atoms with E-state index in [-0.39, 0.29) is 18.3 Å². The van der Waals surface area contributed by atoms with Crippen LogP contribution in [0.4, 0.5) is 0 Å². The van der Waals surface area contributed by atoms with Crippen LogP contribution in [-0.2, 0) is 6.54 Å². The molecule has 114 valence electrons. The predicted octanol–water partition coefficient (Wildman–Crippen LogP) is 2.97. The number of hydrogen-bond donors (Lipinski definition) is 2. The number of aromatic nitrogens is 1. The average molecular weight is 318 g/mol. The summed E-state index contributed by atoms with van der Waals surface area (Å²) in [7, 11) is 0. The summed E-state index contributed by atoms with van der Waals surface area (Å²) in [6.45, 7) is 4.93. The van der Waals surface area contributed by atoms with Crippen LogP contribution in [0.3, 0.4) is 0 Å². The van der Waals surface area contributed by atoms with E-state index in [1.807, 2.05) is 0 Å². The standard InChI is InChI=1S/C14H23N3OS.ClH/c1-9(2)10-4-3-5-11(6-10)16-14(18)12-8-19-13(7-15)17-12;/h8-11H,3-7,15H2,1-2H3,(H,16,18);1H. The first-order valence-corrected chi connectivity index (χ1v) is 7.93. The lowest BCUT2D eigenvalue weighted by atomic mass is 9.79. The second-order valence-corrected chi connectivity index (χ2v) is 6.61. The first-order chi connectivity index (χ1) is 9.10. The molecule has 2 rings (SSSR count). The molecule has 0 spiro atoms. The van der Waals surface area contributed by atoms with Gasteiger partial charge in [-0.3, -0.25) is 4.79 Å². The minimum Gasteiger partial charge on any atom is -0.348 e. The number of nitrogens with zero attached hydrogens (tertiary/aromatic N) is 1. The molecule has 0 aliphatic heterocycles. The summed E-state index contributed by atoms with van der Waals surface area (Å²) in [5.74, 6) is 1.38. The number of rotatable bonds is 4. The Morgan fingerprint density at radius 1 is 1.55 bits per heavy atom. The van der Waals surface area contributed by atoms with Gasteiger partial charge < -0.3 is 11.1 Å². The van der Waals surface area contributed by atoms with Crippen LogP contribution in [0.2, 0.25) is 0 Å². The fraction of sp³-hybridized carbons (Fsp3) is 0.714. The number of carbonyl (C=O) groups excluding carboxylic acids is 1. The number of thiazole rings is 1.